The lowest BCUT2D eigenvalue weighted by molar-refractivity contribution is -0.119. The summed E-state index contributed by atoms with van der Waals surface area (Å²) in [6.45, 7) is 10.9. The number of hydrogen-bond acceptors (Lipinski definition) is 2. The molecule has 0 aromatic heterocycles. The van der Waals surface area contributed by atoms with Crippen LogP contribution in [0.25, 0.3) is 0 Å². The van der Waals surface area contributed by atoms with Crippen molar-refractivity contribution in [3.8, 4) is 11.8 Å². The fraction of sp³-hybridized carbons (Fsp3) is 0.706. The molecule has 1 atom stereocenters. The molecule has 112 valence electrons. The van der Waals surface area contributed by atoms with Crippen LogP contribution in [0.5, 0.6) is 0 Å². The summed E-state index contributed by atoms with van der Waals surface area (Å²) in [5, 5.41) is 3.10. The van der Waals surface area contributed by atoms with Crippen molar-refractivity contribution in [2.75, 3.05) is 19.6 Å². The average molecular weight is 276 g/mol. The molecule has 20 heavy (non-hydrogen) atoms. The molecule has 0 aromatic rings. The van der Waals surface area contributed by atoms with Gasteiger partial charge in [-0.1, -0.05) is 32.8 Å². The summed E-state index contributed by atoms with van der Waals surface area (Å²) in [6.07, 6.45) is 5.27. The Morgan fingerprint density at radius 1 is 1.45 bits per heavy atom. The third-order valence-electron chi connectivity index (χ3n) is 3.39. The maximum Gasteiger partial charge on any atom is 0.217 e. The molecule has 1 heterocycles. The molecule has 3 heteroatoms. The zero-order valence-electron chi connectivity index (χ0n) is 13.3. The second kappa shape index (κ2) is 8.81. The van der Waals surface area contributed by atoms with Crippen LogP contribution in [0, 0.1) is 17.8 Å². The van der Waals surface area contributed by atoms with Crippen LogP contribution in [0.4, 0.5) is 0 Å². The van der Waals surface area contributed by atoms with Crippen molar-refractivity contribution in [3.63, 3.8) is 0 Å². The lowest BCUT2D eigenvalue weighted by atomic mass is 9.94. The Kier molecular flexibility index (Phi) is 7.40. The van der Waals surface area contributed by atoms with Crippen LogP contribution in [0.15, 0.2) is 11.6 Å². The molecule has 1 aliphatic heterocycles. The van der Waals surface area contributed by atoms with Crippen molar-refractivity contribution in [3.05, 3.63) is 11.6 Å². The van der Waals surface area contributed by atoms with Crippen LogP contribution in [0.3, 0.4) is 0 Å². The SMILES string of the molecule is CCC#CCN1CCC=C([C@@H](CC(C)C)NC(C)=O)C1. The number of nitrogens with one attached hydrogen (secondary N) is 1. The Morgan fingerprint density at radius 3 is 2.80 bits per heavy atom. The van der Waals surface area contributed by atoms with Crippen LogP contribution in [0.1, 0.15) is 47.0 Å². The average Bonchev–Trinajstić information content (AvgIpc) is 2.37. The highest BCUT2D eigenvalue weighted by Gasteiger charge is 2.21. The van der Waals surface area contributed by atoms with Crippen molar-refractivity contribution in [2.24, 2.45) is 5.92 Å². The van der Waals surface area contributed by atoms with Gasteiger partial charge < -0.3 is 5.32 Å². The highest BCUT2D eigenvalue weighted by molar-refractivity contribution is 5.73. The van der Waals surface area contributed by atoms with Gasteiger partial charge in [0.2, 0.25) is 5.91 Å². The molecule has 0 bridgehead atoms. The fourth-order valence-electron chi connectivity index (χ4n) is 2.53. The zero-order valence-corrected chi connectivity index (χ0v) is 13.3. The minimum atomic E-state index is 0.0550. The summed E-state index contributed by atoms with van der Waals surface area (Å²) in [7, 11) is 0. The zero-order chi connectivity index (χ0) is 15.0. The molecule has 0 saturated carbocycles. The molecule has 1 rings (SSSR count). The Bertz CT molecular complexity index is 401. The van der Waals surface area contributed by atoms with Gasteiger partial charge in [0.15, 0.2) is 0 Å². The molecule has 0 aromatic carbocycles. The topological polar surface area (TPSA) is 32.3 Å². The largest absolute Gasteiger partial charge is 0.350 e. The lowest BCUT2D eigenvalue weighted by Crippen LogP contribution is -2.41. The molecule has 0 fully saturated rings. The van der Waals surface area contributed by atoms with Gasteiger partial charge in [-0.25, -0.2) is 0 Å². The van der Waals surface area contributed by atoms with E-state index in [1.165, 1.54) is 5.57 Å². The molecule has 3 nitrogen and oxygen atoms in total. The van der Waals surface area contributed by atoms with Gasteiger partial charge in [-0.3, -0.25) is 9.69 Å². The Hall–Kier alpha value is -1.27. The van der Waals surface area contributed by atoms with Gasteiger partial charge in [0.25, 0.3) is 0 Å². The smallest absolute Gasteiger partial charge is 0.217 e. The van der Waals surface area contributed by atoms with E-state index < -0.39 is 0 Å². The first-order chi connectivity index (χ1) is 9.52. The minimum Gasteiger partial charge on any atom is -0.350 e. The van der Waals surface area contributed by atoms with E-state index in [1.54, 1.807) is 6.92 Å². The third-order valence-corrected chi connectivity index (χ3v) is 3.39. The standard InChI is InChI=1S/C17H28N2O/c1-5-6-7-10-19-11-8-9-16(13-19)17(12-14(2)3)18-15(4)20/h9,14,17H,5,8,10-13H2,1-4H3,(H,18,20)/t17-/m1/s1. The van der Waals surface area contributed by atoms with Crippen LogP contribution in [-0.4, -0.2) is 36.5 Å². The number of rotatable bonds is 5. The van der Waals surface area contributed by atoms with Gasteiger partial charge in [-0.2, -0.15) is 0 Å². The summed E-state index contributed by atoms with van der Waals surface area (Å²) >= 11 is 0. The van der Waals surface area contributed by atoms with Crippen LogP contribution in [-0.2, 0) is 4.79 Å². The summed E-state index contributed by atoms with van der Waals surface area (Å²) < 4.78 is 0. The summed E-state index contributed by atoms with van der Waals surface area (Å²) in [4.78, 5) is 13.8. The van der Waals surface area contributed by atoms with E-state index in [0.717, 1.165) is 38.9 Å². The maximum absolute atomic E-state index is 11.4. The molecule has 0 saturated heterocycles. The van der Waals surface area contributed by atoms with Crippen LogP contribution < -0.4 is 5.32 Å². The first-order valence-corrected chi connectivity index (χ1v) is 7.67. The normalized spacial score (nSPS) is 17.1. The van der Waals surface area contributed by atoms with Gasteiger partial charge in [0.1, 0.15) is 0 Å². The van der Waals surface area contributed by atoms with E-state index in [4.69, 9.17) is 0 Å². The minimum absolute atomic E-state index is 0.0550. The van der Waals surface area contributed by atoms with E-state index in [0.29, 0.717) is 5.92 Å². The van der Waals surface area contributed by atoms with Crippen LogP contribution >= 0.6 is 0 Å². The molecule has 1 aliphatic rings. The van der Waals surface area contributed by atoms with Crippen molar-refractivity contribution in [2.45, 2.75) is 53.0 Å². The van der Waals surface area contributed by atoms with E-state index in [1.807, 2.05) is 0 Å². The quantitative estimate of drug-likeness (QED) is 0.618. The first kappa shape index (κ1) is 16.8. The Labute approximate surface area is 123 Å². The molecule has 1 amide bonds. The highest BCUT2D eigenvalue weighted by atomic mass is 16.1. The van der Waals surface area contributed by atoms with Crippen LogP contribution in [0.2, 0.25) is 0 Å². The van der Waals surface area contributed by atoms with E-state index in [2.05, 4.69) is 48.9 Å². The van der Waals surface area contributed by atoms with Gasteiger partial charge in [0, 0.05) is 26.4 Å². The van der Waals surface area contributed by atoms with E-state index >= 15 is 0 Å². The molecular formula is C17H28N2O. The maximum atomic E-state index is 11.4. The number of amides is 1. The summed E-state index contributed by atoms with van der Waals surface area (Å²) in [5.74, 6) is 6.96. The monoisotopic (exact) mass is 276 g/mol. The van der Waals surface area contributed by atoms with E-state index in [-0.39, 0.29) is 11.9 Å². The molecule has 0 aliphatic carbocycles. The second-order valence-electron chi connectivity index (χ2n) is 5.87. The second-order valence-corrected chi connectivity index (χ2v) is 5.87. The van der Waals surface area contributed by atoms with Crippen molar-refractivity contribution >= 4 is 5.91 Å². The fourth-order valence-corrected chi connectivity index (χ4v) is 2.53. The summed E-state index contributed by atoms with van der Waals surface area (Å²) in [6, 6.07) is 0.175. The van der Waals surface area contributed by atoms with Gasteiger partial charge in [-0.05, 0) is 24.3 Å². The highest BCUT2D eigenvalue weighted by Crippen LogP contribution is 2.18. The van der Waals surface area contributed by atoms with Crippen molar-refractivity contribution < 1.29 is 4.79 Å². The van der Waals surface area contributed by atoms with Gasteiger partial charge >= 0.3 is 0 Å². The Morgan fingerprint density at radius 2 is 2.20 bits per heavy atom. The van der Waals surface area contributed by atoms with Gasteiger partial charge in [-0.15, -0.1) is 5.92 Å². The predicted molar refractivity (Wildman–Crippen MR) is 84.3 cm³/mol. The molecule has 0 radical (unpaired) electrons. The Balaban J connectivity index is 2.65. The van der Waals surface area contributed by atoms with Gasteiger partial charge in [0.05, 0.1) is 12.6 Å². The number of nitrogens with zero attached hydrogens (tertiary/aromatic N) is 1. The molecule has 0 unspecified atom stereocenters. The lowest BCUT2D eigenvalue weighted by Gasteiger charge is -2.31. The molecular weight excluding hydrogens is 248 g/mol. The predicted octanol–water partition coefficient (Wildman–Crippen LogP) is 2.58. The number of carbonyl (C=O) groups excluding carboxylic acids is 1. The number of carbonyl (C=O) groups is 1. The molecule has 0 spiro atoms. The third kappa shape index (κ3) is 6.25. The first-order valence-electron chi connectivity index (χ1n) is 7.67. The van der Waals surface area contributed by atoms with Crippen molar-refractivity contribution in [1.29, 1.82) is 0 Å². The van der Waals surface area contributed by atoms with E-state index in [9.17, 15) is 4.79 Å². The van der Waals surface area contributed by atoms with Crippen molar-refractivity contribution in [1.82, 2.24) is 10.2 Å². The number of hydrogen-bond donors (Lipinski definition) is 1. The molecule has 1 N–H and O–H groups in total. The summed E-state index contributed by atoms with van der Waals surface area (Å²) in [5.41, 5.74) is 1.35.